The zero-order valence-electron chi connectivity index (χ0n) is 18.1. The molecule has 2 aromatic rings. The van der Waals surface area contributed by atoms with E-state index in [1.54, 1.807) is 19.1 Å². The first-order valence-corrected chi connectivity index (χ1v) is 11.4. The van der Waals surface area contributed by atoms with Crippen LogP contribution in [0.3, 0.4) is 0 Å². The van der Waals surface area contributed by atoms with E-state index >= 15 is 0 Å². The summed E-state index contributed by atoms with van der Waals surface area (Å²) in [6, 6.07) is 5.08. The molecule has 172 valence electrons. The van der Waals surface area contributed by atoms with Gasteiger partial charge in [0.25, 0.3) is 17.7 Å². The van der Waals surface area contributed by atoms with Gasteiger partial charge in [-0.3, -0.25) is 19.3 Å². The second-order valence-corrected chi connectivity index (χ2v) is 8.63. The third-order valence-electron chi connectivity index (χ3n) is 5.47. The van der Waals surface area contributed by atoms with Crippen molar-refractivity contribution < 1.29 is 33.4 Å². The summed E-state index contributed by atoms with van der Waals surface area (Å²) in [5.41, 5.74) is 1.62. The van der Waals surface area contributed by atoms with Crippen molar-refractivity contribution in [3.63, 3.8) is 0 Å². The number of carbonyl (C=O) groups excluding carboxylic acids is 5. The van der Waals surface area contributed by atoms with E-state index in [0.29, 0.717) is 10.6 Å². The van der Waals surface area contributed by atoms with Gasteiger partial charge in [-0.15, -0.1) is 11.3 Å². The Bertz CT molecular complexity index is 1120. The summed E-state index contributed by atoms with van der Waals surface area (Å²) in [6.45, 7) is 2.64. The average molecular weight is 471 g/mol. The Morgan fingerprint density at radius 1 is 1.12 bits per heavy atom. The number of benzene rings is 1. The first-order valence-electron chi connectivity index (χ1n) is 10.5. The lowest BCUT2D eigenvalue weighted by Gasteiger charge is -2.20. The Morgan fingerprint density at radius 2 is 1.76 bits per heavy atom. The maximum absolute atomic E-state index is 12.5. The number of hydrogen-bond acceptors (Lipinski definition) is 8. The second kappa shape index (κ2) is 9.14. The predicted molar refractivity (Wildman–Crippen MR) is 118 cm³/mol. The Morgan fingerprint density at radius 3 is 2.33 bits per heavy atom. The maximum atomic E-state index is 12.5. The lowest BCUT2D eigenvalue weighted by atomic mass is 10.1. The molecule has 1 aliphatic heterocycles. The van der Waals surface area contributed by atoms with Gasteiger partial charge < -0.3 is 14.8 Å². The van der Waals surface area contributed by atoms with Crippen molar-refractivity contribution in [2.45, 2.75) is 38.6 Å². The van der Waals surface area contributed by atoms with Crippen molar-refractivity contribution in [1.82, 2.24) is 4.90 Å². The number of amides is 3. The highest BCUT2D eigenvalue weighted by atomic mass is 32.1. The Labute approximate surface area is 193 Å². The van der Waals surface area contributed by atoms with Gasteiger partial charge in [0.2, 0.25) is 0 Å². The minimum Gasteiger partial charge on any atom is -0.462 e. The number of rotatable bonds is 8. The van der Waals surface area contributed by atoms with Crippen LogP contribution in [-0.2, 0) is 19.1 Å². The fraction of sp³-hybridized carbons (Fsp3) is 0.348. The van der Waals surface area contributed by atoms with Crippen LogP contribution in [-0.4, -0.2) is 53.8 Å². The highest BCUT2D eigenvalue weighted by molar-refractivity contribution is 7.15. The third-order valence-corrected chi connectivity index (χ3v) is 6.38. The van der Waals surface area contributed by atoms with E-state index in [-0.39, 0.29) is 23.7 Å². The van der Waals surface area contributed by atoms with Gasteiger partial charge in [0, 0.05) is 0 Å². The second-order valence-electron chi connectivity index (χ2n) is 7.75. The molecule has 1 aromatic heterocycles. The summed E-state index contributed by atoms with van der Waals surface area (Å²) in [6.07, 6.45) is 1.95. The van der Waals surface area contributed by atoms with Crippen molar-refractivity contribution in [1.29, 1.82) is 0 Å². The molecule has 10 heteroatoms. The first kappa shape index (κ1) is 22.7. The molecule has 0 spiro atoms. The molecule has 0 saturated heterocycles. The van der Waals surface area contributed by atoms with E-state index in [4.69, 9.17) is 9.47 Å². The van der Waals surface area contributed by atoms with Gasteiger partial charge in [-0.2, -0.15) is 0 Å². The van der Waals surface area contributed by atoms with Crippen molar-refractivity contribution in [2.24, 2.45) is 0 Å². The fourth-order valence-corrected chi connectivity index (χ4v) is 4.70. The molecule has 1 unspecified atom stereocenters. The van der Waals surface area contributed by atoms with Crippen LogP contribution in [0.4, 0.5) is 5.00 Å². The Balaban J connectivity index is 1.38. The number of ether oxygens (including phenoxy) is 2. The average Bonchev–Trinajstić information content (AvgIpc) is 3.51. The van der Waals surface area contributed by atoms with Crippen LogP contribution in [0.1, 0.15) is 69.2 Å². The van der Waals surface area contributed by atoms with Crippen LogP contribution in [0.25, 0.3) is 0 Å². The molecule has 4 rings (SSSR count). The summed E-state index contributed by atoms with van der Waals surface area (Å²) in [7, 11) is 0. The SMILES string of the molecule is CCOC(=O)c1c(C2CC2)csc1NC(=O)COC(=O)C(C)N1C(=O)c2ccccc2C1=O. The number of anilines is 1. The van der Waals surface area contributed by atoms with Gasteiger partial charge in [-0.25, -0.2) is 9.59 Å². The molecule has 3 amide bonds. The van der Waals surface area contributed by atoms with E-state index in [2.05, 4.69) is 5.32 Å². The van der Waals surface area contributed by atoms with E-state index in [1.807, 2.05) is 5.38 Å². The molecule has 1 N–H and O–H groups in total. The lowest BCUT2D eigenvalue weighted by Crippen LogP contribution is -2.44. The Kier molecular flexibility index (Phi) is 6.28. The zero-order chi connectivity index (χ0) is 23.7. The largest absolute Gasteiger partial charge is 0.462 e. The maximum Gasteiger partial charge on any atom is 0.341 e. The zero-order valence-corrected chi connectivity index (χ0v) is 18.9. The molecule has 1 atom stereocenters. The number of esters is 2. The smallest absolute Gasteiger partial charge is 0.341 e. The fourth-order valence-electron chi connectivity index (χ4n) is 3.66. The molecule has 1 aliphatic carbocycles. The summed E-state index contributed by atoms with van der Waals surface area (Å²) < 4.78 is 10.2. The van der Waals surface area contributed by atoms with Crippen LogP contribution >= 0.6 is 11.3 Å². The standard InChI is InChI=1S/C23H22N2O7S/c1-3-31-23(30)18-16(13-8-9-13)11-33-19(18)24-17(26)10-32-22(29)12(2)25-20(27)14-6-4-5-7-15(14)21(25)28/h4-7,11-13H,3,8-10H2,1-2H3,(H,24,26). The van der Waals surface area contributed by atoms with Crippen molar-refractivity contribution in [2.75, 3.05) is 18.5 Å². The molecule has 9 nitrogen and oxygen atoms in total. The summed E-state index contributed by atoms with van der Waals surface area (Å²) in [5.74, 6) is -2.94. The highest BCUT2D eigenvalue weighted by Gasteiger charge is 2.41. The first-order chi connectivity index (χ1) is 15.8. The summed E-state index contributed by atoms with van der Waals surface area (Å²) in [5, 5.41) is 4.77. The van der Waals surface area contributed by atoms with Crippen LogP contribution in [0, 0.1) is 0 Å². The molecule has 0 radical (unpaired) electrons. The van der Waals surface area contributed by atoms with E-state index in [1.165, 1.54) is 30.4 Å². The number of nitrogens with one attached hydrogen (secondary N) is 1. The molecule has 33 heavy (non-hydrogen) atoms. The van der Waals surface area contributed by atoms with Gasteiger partial charge in [0.1, 0.15) is 11.0 Å². The van der Waals surface area contributed by atoms with E-state index in [0.717, 1.165) is 23.3 Å². The highest BCUT2D eigenvalue weighted by Crippen LogP contribution is 2.46. The topological polar surface area (TPSA) is 119 Å². The van der Waals surface area contributed by atoms with Crippen LogP contribution in [0.15, 0.2) is 29.6 Å². The number of hydrogen-bond donors (Lipinski definition) is 1. The number of carbonyl (C=O) groups is 5. The minimum atomic E-state index is -1.21. The molecule has 2 heterocycles. The van der Waals surface area contributed by atoms with Gasteiger partial charge in [0.15, 0.2) is 6.61 Å². The van der Waals surface area contributed by atoms with Gasteiger partial charge >= 0.3 is 11.9 Å². The molecule has 1 aromatic carbocycles. The van der Waals surface area contributed by atoms with Crippen LogP contribution in [0.2, 0.25) is 0 Å². The van der Waals surface area contributed by atoms with Gasteiger partial charge in [0.05, 0.1) is 23.3 Å². The summed E-state index contributed by atoms with van der Waals surface area (Å²) in [4.78, 5) is 63.2. The minimum absolute atomic E-state index is 0.208. The van der Waals surface area contributed by atoms with Crippen LogP contribution < -0.4 is 5.32 Å². The number of imide groups is 1. The molecular formula is C23H22N2O7S. The molecule has 2 aliphatic rings. The van der Waals surface area contributed by atoms with Crippen molar-refractivity contribution >= 4 is 46.0 Å². The Hall–Kier alpha value is -3.53. The monoisotopic (exact) mass is 470 g/mol. The number of fused-ring (bicyclic) bond motifs is 1. The number of nitrogens with zero attached hydrogens (tertiary/aromatic N) is 1. The molecule has 1 fully saturated rings. The summed E-state index contributed by atoms with van der Waals surface area (Å²) >= 11 is 1.21. The predicted octanol–water partition coefficient (Wildman–Crippen LogP) is 2.97. The molecule has 1 saturated carbocycles. The quantitative estimate of drug-likeness (QED) is 0.465. The van der Waals surface area contributed by atoms with Gasteiger partial charge in [-0.1, -0.05) is 12.1 Å². The van der Waals surface area contributed by atoms with E-state index in [9.17, 15) is 24.0 Å². The third kappa shape index (κ3) is 4.38. The van der Waals surface area contributed by atoms with E-state index < -0.39 is 42.3 Å². The molecule has 0 bridgehead atoms. The van der Waals surface area contributed by atoms with Crippen molar-refractivity contribution in [3.05, 3.63) is 51.9 Å². The lowest BCUT2D eigenvalue weighted by molar-refractivity contribution is -0.150. The van der Waals surface area contributed by atoms with Gasteiger partial charge in [-0.05, 0) is 55.7 Å². The molecular weight excluding hydrogens is 448 g/mol. The number of thiophene rings is 1. The van der Waals surface area contributed by atoms with Crippen molar-refractivity contribution in [3.8, 4) is 0 Å². The van der Waals surface area contributed by atoms with Crippen LogP contribution in [0.5, 0.6) is 0 Å². The normalized spacial score (nSPS) is 15.8.